The molecule has 3 atom stereocenters. The zero-order chi connectivity index (χ0) is 7.02. The molecule has 0 aromatic heterocycles. The van der Waals surface area contributed by atoms with E-state index in [4.69, 9.17) is 10.5 Å². The standard InChI is InChI=1S/C7H15NO/c1-4(2)6(8)7-5(3)9-7/h4-7H,8H2,1-3H3. The highest BCUT2D eigenvalue weighted by molar-refractivity contribution is 4.91. The Balaban J connectivity index is 2.27. The van der Waals surface area contributed by atoms with E-state index in [9.17, 15) is 0 Å². The molecule has 54 valence electrons. The van der Waals surface area contributed by atoms with Gasteiger partial charge in [-0.3, -0.25) is 0 Å². The summed E-state index contributed by atoms with van der Waals surface area (Å²) in [5.74, 6) is 0.542. The van der Waals surface area contributed by atoms with Crippen LogP contribution in [0.2, 0.25) is 0 Å². The van der Waals surface area contributed by atoms with Gasteiger partial charge in [-0.05, 0) is 12.8 Å². The van der Waals surface area contributed by atoms with Gasteiger partial charge in [-0.25, -0.2) is 0 Å². The van der Waals surface area contributed by atoms with Crippen molar-refractivity contribution in [2.24, 2.45) is 11.7 Å². The minimum atomic E-state index is 0.236. The smallest absolute Gasteiger partial charge is 0.0991 e. The Morgan fingerprint density at radius 2 is 1.89 bits per heavy atom. The minimum Gasteiger partial charge on any atom is -0.368 e. The van der Waals surface area contributed by atoms with E-state index in [1.165, 1.54) is 0 Å². The summed E-state index contributed by atoms with van der Waals surface area (Å²) in [6.07, 6.45) is 0.743. The lowest BCUT2D eigenvalue weighted by molar-refractivity contribution is 0.323. The first-order valence-corrected chi connectivity index (χ1v) is 3.54. The Kier molecular flexibility index (Phi) is 1.78. The van der Waals surface area contributed by atoms with Crippen LogP contribution < -0.4 is 5.73 Å². The van der Waals surface area contributed by atoms with E-state index in [2.05, 4.69) is 20.8 Å². The summed E-state index contributed by atoms with van der Waals surface area (Å²) in [4.78, 5) is 0. The van der Waals surface area contributed by atoms with Crippen molar-refractivity contribution in [3.8, 4) is 0 Å². The maximum Gasteiger partial charge on any atom is 0.0991 e. The Morgan fingerprint density at radius 3 is 2.00 bits per heavy atom. The largest absolute Gasteiger partial charge is 0.368 e. The summed E-state index contributed by atoms with van der Waals surface area (Å²) < 4.78 is 5.21. The van der Waals surface area contributed by atoms with Crippen LogP contribution in [-0.4, -0.2) is 18.2 Å². The van der Waals surface area contributed by atoms with Crippen LogP contribution in [0.1, 0.15) is 20.8 Å². The molecule has 9 heavy (non-hydrogen) atoms. The molecule has 1 fully saturated rings. The van der Waals surface area contributed by atoms with Crippen molar-refractivity contribution in [3.63, 3.8) is 0 Å². The van der Waals surface area contributed by atoms with Crippen molar-refractivity contribution in [3.05, 3.63) is 0 Å². The molecule has 0 spiro atoms. The molecule has 1 saturated heterocycles. The van der Waals surface area contributed by atoms with E-state index >= 15 is 0 Å². The zero-order valence-electron chi connectivity index (χ0n) is 6.29. The highest BCUT2D eigenvalue weighted by Crippen LogP contribution is 2.26. The second-order valence-electron chi connectivity index (χ2n) is 3.13. The topological polar surface area (TPSA) is 38.5 Å². The SMILES string of the molecule is CC(C)C(N)C1OC1C. The van der Waals surface area contributed by atoms with Gasteiger partial charge in [0, 0.05) is 6.04 Å². The van der Waals surface area contributed by atoms with Crippen molar-refractivity contribution in [2.45, 2.75) is 39.0 Å². The Bertz CT molecular complexity index is 103. The molecule has 0 aromatic carbocycles. The summed E-state index contributed by atoms with van der Waals surface area (Å²) >= 11 is 0. The molecule has 2 nitrogen and oxygen atoms in total. The number of epoxide rings is 1. The van der Waals surface area contributed by atoms with Crippen LogP contribution in [0.5, 0.6) is 0 Å². The monoisotopic (exact) mass is 129 g/mol. The molecule has 0 bridgehead atoms. The highest BCUT2D eigenvalue weighted by Gasteiger charge is 2.40. The predicted octanol–water partition coefficient (Wildman–Crippen LogP) is 0.757. The summed E-state index contributed by atoms with van der Waals surface area (Å²) in [7, 11) is 0. The van der Waals surface area contributed by atoms with E-state index in [1.807, 2.05) is 0 Å². The first-order valence-electron chi connectivity index (χ1n) is 3.54. The van der Waals surface area contributed by atoms with E-state index in [0.717, 1.165) is 0 Å². The lowest BCUT2D eigenvalue weighted by atomic mass is 10.0. The molecule has 0 radical (unpaired) electrons. The summed E-state index contributed by atoms with van der Waals surface area (Å²) in [6, 6.07) is 0.236. The predicted molar refractivity (Wildman–Crippen MR) is 37.1 cm³/mol. The van der Waals surface area contributed by atoms with E-state index in [1.54, 1.807) is 0 Å². The fraction of sp³-hybridized carbons (Fsp3) is 1.00. The van der Waals surface area contributed by atoms with E-state index in [-0.39, 0.29) is 6.04 Å². The first-order chi connectivity index (χ1) is 4.13. The second-order valence-corrected chi connectivity index (χ2v) is 3.13. The van der Waals surface area contributed by atoms with Crippen LogP contribution in [0, 0.1) is 5.92 Å². The van der Waals surface area contributed by atoms with Gasteiger partial charge >= 0.3 is 0 Å². The fourth-order valence-corrected chi connectivity index (χ4v) is 0.986. The summed E-state index contributed by atoms with van der Waals surface area (Å²) in [6.45, 7) is 6.31. The summed E-state index contributed by atoms with van der Waals surface area (Å²) in [5.41, 5.74) is 5.79. The number of hydrogen-bond acceptors (Lipinski definition) is 2. The molecule has 1 aliphatic heterocycles. The van der Waals surface area contributed by atoms with Crippen molar-refractivity contribution in [2.75, 3.05) is 0 Å². The highest BCUT2D eigenvalue weighted by atomic mass is 16.6. The van der Waals surface area contributed by atoms with Crippen molar-refractivity contribution in [1.29, 1.82) is 0 Å². The third-order valence-corrected chi connectivity index (χ3v) is 1.91. The zero-order valence-corrected chi connectivity index (χ0v) is 6.29. The van der Waals surface area contributed by atoms with Crippen LogP contribution in [0.4, 0.5) is 0 Å². The molecular weight excluding hydrogens is 114 g/mol. The van der Waals surface area contributed by atoms with Crippen LogP contribution >= 0.6 is 0 Å². The van der Waals surface area contributed by atoms with Crippen molar-refractivity contribution < 1.29 is 4.74 Å². The van der Waals surface area contributed by atoms with Crippen LogP contribution in [0.3, 0.4) is 0 Å². The maximum atomic E-state index is 5.79. The van der Waals surface area contributed by atoms with Crippen molar-refractivity contribution >= 4 is 0 Å². The van der Waals surface area contributed by atoms with E-state index < -0.39 is 0 Å². The molecule has 0 amide bonds. The Hall–Kier alpha value is -0.0800. The average Bonchev–Trinajstić information content (AvgIpc) is 2.44. The third kappa shape index (κ3) is 1.43. The third-order valence-electron chi connectivity index (χ3n) is 1.91. The number of nitrogens with two attached hydrogens (primary N) is 1. The molecule has 2 N–H and O–H groups in total. The van der Waals surface area contributed by atoms with Crippen molar-refractivity contribution in [1.82, 2.24) is 0 Å². The molecule has 1 aliphatic rings. The normalized spacial score (nSPS) is 37.0. The van der Waals surface area contributed by atoms with Gasteiger partial charge in [0.1, 0.15) is 0 Å². The van der Waals surface area contributed by atoms with Gasteiger partial charge in [0.15, 0.2) is 0 Å². The molecular formula is C7H15NO. The van der Waals surface area contributed by atoms with E-state index in [0.29, 0.717) is 18.1 Å². The molecule has 0 saturated carbocycles. The van der Waals surface area contributed by atoms with Gasteiger partial charge in [-0.1, -0.05) is 13.8 Å². The van der Waals surface area contributed by atoms with Gasteiger partial charge in [0.25, 0.3) is 0 Å². The van der Waals surface area contributed by atoms with Gasteiger partial charge in [0.05, 0.1) is 12.2 Å². The van der Waals surface area contributed by atoms with Crippen LogP contribution in [0.15, 0.2) is 0 Å². The number of hydrogen-bond donors (Lipinski definition) is 1. The number of ether oxygens (including phenoxy) is 1. The molecule has 1 rings (SSSR count). The lowest BCUT2D eigenvalue weighted by Gasteiger charge is -2.11. The Labute approximate surface area is 56.4 Å². The molecule has 1 heterocycles. The first kappa shape index (κ1) is 7.03. The quantitative estimate of drug-likeness (QED) is 0.559. The Morgan fingerprint density at radius 1 is 1.44 bits per heavy atom. The molecule has 3 unspecified atom stereocenters. The van der Waals surface area contributed by atoms with Gasteiger partial charge in [-0.15, -0.1) is 0 Å². The molecule has 0 aliphatic carbocycles. The van der Waals surface area contributed by atoms with Crippen LogP contribution in [-0.2, 0) is 4.74 Å². The summed E-state index contributed by atoms with van der Waals surface area (Å²) in [5, 5.41) is 0. The minimum absolute atomic E-state index is 0.236. The lowest BCUT2D eigenvalue weighted by Crippen LogP contribution is -2.33. The average molecular weight is 129 g/mol. The number of rotatable bonds is 2. The molecule has 2 heteroatoms. The molecule has 0 aromatic rings. The van der Waals surface area contributed by atoms with Gasteiger partial charge < -0.3 is 10.5 Å². The van der Waals surface area contributed by atoms with Gasteiger partial charge in [-0.2, -0.15) is 0 Å². The fourth-order valence-electron chi connectivity index (χ4n) is 0.986. The second kappa shape index (κ2) is 2.27. The maximum absolute atomic E-state index is 5.79. The van der Waals surface area contributed by atoms with Gasteiger partial charge in [0.2, 0.25) is 0 Å². The van der Waals surface area contributed by atoms with Crippen LogP contribution in [0.25, 0.3) is 0 Å².